The van der Waals surface area contributed by atoms with Gasteiger partial charge in [0.15, 0.2) is 0 Å². The summed E-state index contributed by atoms with van der Waals surface area (Å²) < 4.78 is 1.41. The summed E-state index contributed by atoms with van der Waals surface area (Å²) >= 11 is 0. The van der Waals surface area contributed by atoms with E-state index in [-0.39, 0.29) is 12.4 Å². The Kier molecular flexibility index (Phi) is 67.6. The van der Waals surface area contributed by atoms with Gasteiger partial charge in [-0.3, -0.25) is 0 Å². The van der Waals surface area contributed by atoms with Crippen LogP contribution in [-0.2, 0) is 0 Å². The van der Waals surface area contributed by atoms with Gasteiger partial charge in [-0.1, -0.05) is 374 Å². The summed E-state index contributed by atoms with van der Waals surface area (Å²) in [7, 11) is 2.77. The van der Waals surface area contributed by atoms with Gasteiger partial charge in [-0.2, -0.15) is 0 Å². The van der Waals surface area contributed by atoms with Crippen molar-refractivity contribution in [2.75, 3.05) is 20.1 Å². The van der Waals surface area contributed by atoms with Crippen molar-refractivity contribution in [3.8, 4) is 0 Å². The van der Waals surface area contributed by atoms with Crippen molar-refractivity contribution in [1.82, 2.24) is 0 Å². The summed E-state index contributed by atoms with van der Waals surface area (Å²) in [6.07, 6.45) is 91.5. The molecule has 72 heavy (non-hydrogen) atoms. The minimum atomic E-state index is 0. The molecule has 0 bridgehead atoms. The van der Waals surface area contributed by atoms with Gasteiger partial charge in [0.1, 0.15) is 0 Å². The van der Waals surface area contributed by atoms with Crippen LogP contribution >= 0.6 is 0 Å². The largest absolute Gasteiger partial charge is 1.00 e. The predicted molar refractivity (Wildman–Crippen MR) is 329 cm³/mol. The average Bonchev–Trinajstić information content (AvgIpc) is 3.37. The predicted octanol–water partition coefficient (Wildman–Crippen LogP) is 23.1. The molecule has 2 heteroatoms. The average molecular weight is 1040 g/mol. The maximum absolute atomic E-state index is 2.77. The molecule has 0 saturated carbocycles. The van der Waals surface area contributed by atoms with E-state index in [0.29, 0.717) is 0 Å². The van der Waals surface area contributed by atoms with Crippen LogP contribution in [0.5, 0.6) is 0 Å². The molecule has 0 aliphatic carbocycles. The van der Waals surface area contributed by atoms with Gasteiger partial charge in [-0.15, -0.1) is 0 Å². The molecule has 0 saturated heterocycles. The topological polar surface area (TPSA) is 0 Å². The SMILES string of the molecule is CCCCCCCCCCCCCCCCCC[N+](C)(CCCCCCCCCCCCCCCCCC)C(CCCCCCCCCCCCCCCC)CCCCCCCCCCCCCCCC.[Cl-]. The first-order chi connectivity index (χ1) is 35.1. The van der Waals surface area contributed by atoms with Crippen molar-refractivity contribution in [2.24, 2.45) is 0 Å². The Bertz CT molecular complexity index is 849. The lowest BCUT2D eigenvalue weighted by Crippen LogP contribution is -3.00. The molecule has 0 aliphatic rings. The highest BCUT2D eigenvalue weighted by Gasteiger charge is 2.31. The summed E-state index contributed by atoms with van der Waals surface area (Å²) in [4.78, 5) is 0. The summed E-state index contributed by atoms with van der Waals surface area (Å²) in [5.74, 6) is 0. The number of quaternary nitrogens is 1. The van der Waals surface area contributed by atoms with Crippen molar-refractivity contribution in [3.63, 3.8) is 0 Å². The highest BCUT2D eigenvalue weighted by molar-refractivity contribution is 4.65. The van der Waals surface area contributed by atoms with E-state index in [0.717, 1.165) is 6.04 Å². The van der Waals surface area contributed by atoms with E-state index in [2.05, 4.69) is 34.7 Å². The zero-order chi connectivity index (χ0) is 51.3. The lowest BCUT2D eigenvalue weighted by molar-refractivity contribution is -0.934. The minimum Gasteiger partial charge on any atom is -1.00 e. The fraction of sp³-hybridized carbons (Fsp3) is 1.00. The van der Waals surface area contributed by atoms with Gasteiger partial charge in [0.25, 0.3) is 0 Å². The Morgan fingerprint density at radius 3 is 0.458 bits per heavy atom. The second kappa shape index (κ2) is 65.5. The van der Waals surface area contributed by atoms with Crippen LogP contribution in [0.3, 0.4) is 0 Å². The highest BCUT2D eigenvalue weighted by Crippen LogP contribution is 2.27. The molecule has 0 heterocycles. The van der Waals surface area contributed by atoms with Crippen molar-refractivity contribution < 1.29 is 16.9 Å². The molecular formula is C70H144ClN. The Hall–Kier alpha value is 0.250. The van der Waals surface area contributed by atoms with Crippen LogP contribution in [0.2, 0.25) is 0 Å². The van der Waals surface area contributed by atoms with Gasteiger partial charge in [0.2, 0.25) is 0 Å². The van der Waals surface area contributed by atoms with Crippen LogP contribution < -0.4 is 12.4 Å². The minimum absolute atomic E-state index is 0. The fourth-order valence-corrected chi connectivity index (χ4v) is 12.4. The molecule has 436 valence electrons. The van der Waals surface area contributed by atoms with Crippen LogP contribution in [0.15, 0.2) is 0 Å². The Balaban J connectivity index is 0. The molecule has 1 nitrogen and oxygen atoms in total. The van der Waals surface area contributed by atoms with E-state index in [1.165, 1.54) is 416 Å². The molecule has 0 aromatic carbocycles. The van der Waals surface area contributed by atoms with E-state index in [1.54, 1.807) is 0 Å². The molecule has 0 unspecified atom stereocenters. The third-order valence-electron chi connectivity index (χ3n) is 17.7. The molecule has 0 fully saturated rings. The Morgan fingerprint density at radius 1 is 0.181 bits per heavy atom. The molecule has 0 amide bonds. The molecule has 0 aliphatic heterocycles. The number of nitrogens with zero attached hydrogens (tertiary/aromatic N) is 1. The quantitative estimate of drug-likeness (QED) is 0.0421. The van der Waals surface area contributed by atoms with E-state index in [4.69, 9.17) is 0 Å². The standard InChI is InChI=1S/C70H144N.ClH/c1-6-10-14-18-22-26-30-34-38-40-44-48-52-56-60-64-68-71(5,69-65-61-57-53-49-45-41-39-35-31-27-23-19-15-11-7-2)70(66-62-58-54-50-46-42-36-32-28-24-20-16-12-8-3)67-63-59-55-51-47-43-37-33-29-25-21-17-13-9-4;/h70H,6-69H2,1-5H3;1H/q+1;/p-1. The van der Waals surface area contributed by atoms with Crippen LogP contribution in [0.4, 0.5) is 0 Å². The third kappa shape index (κ3) is 57.9. The number of halogens is 1. The van der Waals surface area contributed by atoms with Gasteiger partial charge in [0, 0.05) is 0 Å². The number of rotatable bonds is 65. The van der Waals surface area contributed by atoms with Crippen molar-refractivity contribution >= 4 is 0 Å². The van der Waals surface area contributed by atoms with Crippen LogP contribution in [-0.4, -0.2) is 30.7 Å². The molecule has 0 spiro atoms. The number of unbranched alkanes of at least 4 members (excludes halogenated alkanes) is 56. The second-order valence-corrected chi connectivity index (χ2v) is 25.0. The maximum atomic E-state index is 2.77. The molecule has 0 aromatic rings. The van der Waals surface area contributed by atoms with Gasteiger partial charge in [-0.25, -0.2) is 0 Å². The maximum Gasteiger partial charge on any atom is 0.0888 e. The zero-order valence-electron chi connectivity index (χ0n) is 51.7. The van der Waals surface area contributed by atoms with E-state index >= 15 is 0 Å². The van der Waals surface area contributed by atoms with E-state index in [1.807, 2.05) is 0 Å². The number of hydrogen-bond acceptors (Lipinski definition) is 0. The lowest BCUT2D eigenvalue weighted by atomic mass is 9.95. The molecule has 0 N–H and O–H groups in total. The van der Waals surface area contributed by atoms with Gasteiger partial charge in [-0.05, 0) is 51.4 Å². The van der Waals surface area contributed by atoms with Gasteiger partial charge < -0.3 is 16.9 Å². The van der Waals surface area contributed by atoms with Gasteiger partial charge in [0.05, 0.1) is 26.2 Å². The van der Waals surface area contributed by atoms with Crippen LogP contribution in [0.1, 0.15) is 426 Å². The van der Waals surface area contributed by atoms with Crippen LogP contribution in [0.25, 0.3) is 0 Å². The molecule has 0 atom stereocenters. The summed E-state index contributed by atoms with van der Waals surface area (Å²) in [6, 6.07) is 0.900. The summed E-state index contributed by atoms with van der Waals surface area (Å²) in [6.45, 7) is 12.2. The first-order valence-electron chi connectivity index (χ1n) is 35.0. The monoisotopic (exact) mass is 1030 g/mol. The normalized spacial score (nSPS) is 11.9. The smallest absolute Gasteiger partial charge is 0.0888 e. The van der Waals surface area contributed by atoms with Crippen molar-refractivity contribution in [2.45, 2.75) is 432 Å². The molecule has 0 aromatic heterocycles. The molecule has 0 rings (SSSR count). The Morgan fingerprint density at radius 2 is 0.306 bits per heavy atom. The Labute approximate surface area is 466 Å². The summed E-state index contributed by atoms with van der Waals surface area (Å²) in [5.41, 5.74) is 0. The zero-order valence-corrected chi connectivity index (χ0v) is 52.4. The van der Waals surface area contributed by atoms with Crippen molar-refractivity contribution in [3.05, 3.63) is 0 Å². The van der Waals surface area contributed by atoms with E-state index < -0.39 is 0 Å². The van der Waals surface area contributed by atoms with Crippen molar-refractivity contribution in [1.29, 1.82) is 0 Å². The third-order valence-corrected chi connectivity index (χ3v) is 17.7. The number of hydrogen-bond donors (Lipinski definition) is 0. The second-order valence-electron chi connectivity index (χ2n) is 25.0. The first-order valence-corrected chi connectivity index (χ1v) is 35.0. The summed E-state index contributed by atoms with van der Waals surface area (Å²) in [5, 5.41) is 0. The van der Waals surface area contributed by atoms with Gasteiger partial charge >= 0.3 is 0 Å². The molecular weight excluding hydrogens is 890 g/mol. The highest BCUT2D eigenvalue weighted by atomic mass is 35.5. The van der Waals surface area contributed by atoms with E-state index in [9.17, 15) is 0 Å². The van der Waals surface area contributed by atoms with Crippen LogP contribution in [0, 0.1) is 0 Å². The molecule has 0 radical (unpaired) electrons. The first kappa shape index (κ1) is 74.3. The lowest BCUT2D eigenvalue weighted by Gasteiger charge is -2.43. The fourth-order valence-electron chi connectivity index (χ4n) is 12.4.